The SMILES string of the molecule is Cc1ccc(C)c2c1OCCC(CO)(CO)C2=O. The van der Waals surface area contributed by atoms with Crippen molar-refractivity contribution in [1.29, 1.82) is 0 Å². The Morgan fingerprint density at radius 2 is 1.83 bits per heavy atom. The topological polar surface area (TPSA) is 66.8 Å². The van der Waals surface area contributed by atoms with Crippen LogP contribution in [-0.4, -0.2) is 35.8 Å². The predicted octanol–water partition coefficient (Wildman–Crippen LogP) is 1.24. The van der Waals surface area contributed by atoms with Gasteiger partial charge in [-0.05, 0) is 31.4 Å². The van der Waals surface area contributed by atoms with Crippen LogP contribution in [0.3, 0.4) is 0 Å². The largest absolute Gasteiger partial charge is 0.493 e. The molecule has 4 heteroatoms. The zero-order valence-corrected chi connectivity index (χ0v) is 10.7. The lowest BCUT2D eigenvalue weighted by molar-refractivity contribution is 0.0345. The van der Waals surface area contributed by atoms with E-state index in [-0.39, 0.29) is 19.0 Å². The summed E-state index contributed by atoms with van der Waals surface area (Å²) < 4.78 is 5.65. The van der Waals surface area contributed by atoms with Crippen molar-refractivity contribution in [3.8, 4) is 5.75 Å². The number of Topliss-reactive ketones (excluding diaryl/α,β-unsaturated/α-hetero) is 1. The van der Waals surface area contributed by atoms with Crippen LogP contribution in [0.4, 0.5) is 0 Å². The van der Waals surface area contributed by atoms with E-state index in [0.29, 0.717) is 24.3 Å². The molecule has 98 valence electrons. The van der Waals surface area contributed by atoms with Crippen molar-refractivity contribution in [2.24, 2.45) is 5.41 Å². The second-order valence-electron chi connectivity index (χ2n) is 4.93. The van der Waals surface area contributed by atoms with Gasteiger partial charge in [0.2, 0.25) is 0 Å². The number of carbonyl (C=O) groups is 1. The molecule has 1 heterocycles. The second-order valence-corrected chi connectivity index (χ2v) is 4.93. The van der Waals surface area contributed by atoms with E-state index in [1.54, 1.807) is 0 Å². The third kappa shape index (κ3) is 1.82. The van der Waals surface area contributed by atoms with Gasteiger partial charge in [0.05, 0.1) is 30.8 Å². The minimum absolute atomic E-state index is 0.221. The Morgan fingerprint density at radius 3 is 2.44 bits per heavy atom. The van der Waals surface area contributed by atoms with E-state index in [0.717, 1.165) is 11.1 Å². The van der Waals surface area contributed by atoms with Crippen molar-refractivity contribution in [3.05, 3.63) is 28.8 Å². The monoisotopic (exact) mass is 250 g/mol. The molecule has 0 saturated carbocycles. The van der Waals surface area contributed by atoms with Crippen molar-refractivity contribution in [2.45, 2.75) is 20.3 Å². The van der Waals surface area contributed by atoms with E-state index in [1.165, 1.54) is 0 Å². The molecule has 0 aliphatic carbocycles. The molecule has 1 aromatic rings. The van der Waals surface area contributed by atoms with Crippen LogP contribution in [0.1, 0.15) is 27.9 Å². The molecule has 2 rings (SSSR count). The Morgan fingerprint density at radius 1 is 1.22 bits per heavy atom. The number of hydrogen-bond acceptors (Lipinski definition) is 4. The van der Waals surface area contributed by atoms with Crippen LogP contribution in [0, 0.1) is 19.3 Å². The van der Waals surface area contributed by atoms with Crippen molar-refractivity contribution >= 4 is 5.78 Å². The van der Waals surface area contributed by atoms with Gasteiger partial charge >= 0.3 is 0 Å². The van der Waals surface area contributed by atoms with Gasteiger partial charge < -0.3 is 14.9 Å². The number of aliphatic hydroxyl groups excluding tert-OH is 2. The molecule has 0 atom stereocenters. The van der Waals surface area contributed by atoms with Gasteiger partial charge in [-0.3, -0.25) is 4.79 Å². The van der Waals surface area contributed by atoms with Crippen molar-refractivity contribution in [1.82, 2.24) is 0 Å². The zero-order chi connectivity index (χ0) is 13.3. The summed E-state index contributed by atoms with van der Waals surface area (Å²) in [5.74, 6) is 0.366. The van der Waals surface area contributed by atoms with Gasteiger partial charge in [0, 0.05) is 0 Å². The summed E-state index contributed by atoms with van der Waals surface area (Å²) in [5.41, 5.74) is 1.09. The molecule has 0 saturated heterocycles. The molecule has 2 N–H and O–H groups in total. The van der Waals surface area contributed by atoms with Gasteiger partial charge in [-0.2, -0.15) is 0 Å². The Hall–Kier alpha value is -1.39. The summed E-state index contributed by atoms with van der Waals surface area (Å²) in [6.07, 6.45) is 0.326. The molecular formula is C14H18O4. The lowest BCUT2D eigenvalue weighted by Crippen LogP contribution is -2.39. The highest BCUT2D eigenvalue weighted by Crippen LogP contribution is 2.37. The zero-order valence-electron chi connectivity index (χ0n) is 10.7. The first-order valence-corrected chi connectivity index (χ1v) is 6.05. The Balaban J connectivity index is 2.63. The van der Waals surface area contributed by atoms with Gasteiger partial charge in [0.15, 0.2) is 5.78 Å². The first-order chi connectivity index (χ1) is 8.55. The molecule has 18 heavy (non-hydrogen) atoms. The summed E-state index contributed by atoms with van der Waals surface area (Å²) in [6, 6.07) is 3.77. The standard InChI is InChI=1S/C14H18O4/c1-9-3-4-10(2)12-11(9)13(17)14(7-15,8-16)5-6-18-12/h3-4,15-16H,5-8H2,1-2H3. The fourth-order valence-electron chi connectivity index (χ4n) is 2.33. The van der Waals surface area contributed by atoms with Crippen LogP contribution in [0.15, 0.2) is 12.1 Å². The van der Waals surface area contributed by atoms with Crippen LogP contribution in [-0.2, 0) is 0 Å². The molecule has 0 unspecified atom stereocenters. The lowest BCUT2D eigenvalue weighted by atomic mass is 9.78. The molecule has 0 bridgehead atoms. The van der Waals surface area contributed by atoms with E-state index in [1.807, 2.05) is 26.0 Å². The van der Waals surface area contributed by atoms with E-state index in [9.17, 15) is 15.0 Å². The van der Waals surface area contributed by atoms with E-state index >= 15 is 0 Å². The Bertz CT molecular complexity index is 475. The van der Waals surface area contributed by atoms with Crippen LogP contribution < -0.4 is 4.74 Å². The maximum absolute atomic E-state index is 12.6. The predicted molar refractivity (Wildman–Crippen MR) is 67.0 cm³/mol. The lowest BCUT2D eigenvalue weighted by Gasteiger charge is -2.26. The van der Waals surface area contributed by atoms with Crippen LogP contribution in [0.25, 0.3) is 0 Å². The number of carbonyl (C=O) groups excluding carboxylic acids is 1. The van der Waals surface area contributed by atoms with Crippen LogP contribution in [0.5, 0.6) is 5.75 Å². The number of rotatable bonds is 2. The number of fused-ring (bicyclic) bond motifs is 1. The fourth-order valence-corrected chi connectivity index (χ4v) is 2.33. The molecule has 0 spiro atoms. The quantitative estimate of drug-likeness (QED) is 0.828. The number of ketones is 1. The van der Waals surface area contributed by atoms with Gasteiger partial charge in [0.1, 0.15) is 5.75 Å². The van der Waals surface area contributed by atoms with Crippen molar-refractivity contribution in [3.63, 3.8) is 0 Å². The number of aliphatic hydroxyl groups is 2. The first kappa shape index (κ1) is 13.1. The van der Waals surface area contributed by atoms with Gasteiger partial charge in [-0.15, -0.1) is 0 Å². The summed E-state index contributed by atoms with van der Waals surface area (Å²) in [5, 5.41) is 19.0. The van der Waals surface area contributed by atoms with E-state index in [2.05, 4.69) is 0 Å². The van der Waals surface area contributed by atoms with Crippen LogP contribution in [0.2, 0.25) is 0 Å². The molecule has 1 aliphatic rings. The third-order valence-electron chi connectivity index (χ3n) is 3.70. The Labute approximate surface area is 106 Å². The molecule has 1 aliphatic heterocycles. The summed E-state index contributed by atoms with van der Waals surface area (Å²) in [6.45, 7) is 3.32. The fraction of sp³-hybridized carbons (Fsp3) is 0.500. The van der Waals surface area contributed by atoms with Crippen LogP contribution >= 0.6 is 0 Å². The van der Waals surface area contributed by atoms with Gasteiger partial charge in [-0.25, -0.2) is 0 Å². The molecule has 4 nitrogen and oxygen atoms in total. The number of benzene rings is 1. The minimum Gasteiger partial charge on any atom is -0.493 e. The summed E-state index contributed by atoms with van der Waals surface area (Å²) in [7, 11) is 0. The average Bonchev–Trinajstić information content (AvgIpc) is 2.52. The first-order valence-electron chi connectivity index (χ1n) is 6.05. The molecule has 0 fully saturated rings. The maximum atomic E-state index is 12.6. The number of aryl methyl sites for hydroxylation is 2. The highest BCUT2D eigenvalue weighted by molar-refractivity contribution is 6.04. The van der Waals surface area contributed by atoms with Gasteiger partial charge in [-0.1, -0.05) is 12.1 Å². The smallest absolute Gasteiger partial charge is 0.177 e. The average molecular weight is 250 g/mol. The third-order valence-corrected chi connectivity index (χ3v) is 3.70. The second kappa shape index (κ2) is 4.71. The van der Waals surface area contributed by atoms with Crippen molar-refractivity contribution in [2.75, 3.05) is 19.8 Å². The van der Waals surface area contributed by atoms with Gasteiger partial charge in [0.25, 0.3) is 0 Å². The maximum Gasteiger partial charge on any atom is 0.177 e. The van der Waals surface area contributed by atoms with Crippen molar-refractivity contribution < 1.29 is 19.7 Å². The minimum atomic E-state index is -1.12. The normalized spacial score (nSPS) is 17.9. The van der Waals surface area contributed by atoms with E-state index in [4.69, 9.17) is 4.74 Å². The molecule has 0 amide bonds. The molecule has 0 aromatic heterocycles. The molecular weight excluding hydrogens is 232 g/mol. The van der Waals surface area contributed by atoms with E-state index < -0.39 is 5.41 Å². The molecule has 1 aromatic carbocycles. The highest BCUT2D eigenvalue weighted by atomic mass is 16.5. The molecule has 0 radical (unpaired) electrons. The highest BCUT2D eigenvalue weighted by Gasteiger charge is 2.42. The Kier molecular flexibility index (Phi) is 3.41. The number of hydrogen-bond donors (Lipinski definition) is 2. The number of ether oxygens (including phenoxy) is 1. The summed E-state index contributed by atoms with van der Waals surface area (Å²) >= 11 is 0. The summed E-state index contributed by atoms with van der Waals surface area (Å²) in [4.78, 5) is 12.6.